The molecule has 0 atom stereocenters. The molecule has 0 saturated carbocycles. The standard InChI is InChI=1S/C13H12O4S/c1-18(15,16)12-6-4-10(5-7-12)13(14)9-11-3-2-8-17-11/h2-8H,9H2,1H3. The van der Waals surface area contributed by atoms with Gasteiger partial charge in [0.25, 0.3) is 0 Å². The third-order valence-corrected chi connectivity index (χ3v) is 3.65. The van der Waals surface area contributed by atoms with E-state index in [1.54, 1.807) is 12.1 Å². The lowest BCUT2D eigenvalue weighted by Crippen LogP contribution is -2.04. The van der Waals surface area contributed by atoms with Crippen molar-refractivity contribution in [3.8, 4) is 0 Å². The molecule has 0 radical (unpaired) electrons. The van der Waals surface area contributed by atoms with E-state index in [0.717, 1.165) is 6.26 Å². The highest BCUT2D eigenvalue weighted by molar-refractivity contribution is 7.90. The van der Waals surface area contributed by atoms with Gasteiger partial charge in [0, 0.05) is 11.8 Å². The Morgan fingerprint density at radius 1 is 1.17 bits per heavy atom. The summed E-state index contributed by atoms with van der Waals surface area (Å²) in [5, 5.41) is 0. The van der Waals surface area contributed by atoms with Gasteiger partial charge >= 0.3 is 0 Å². The molecule has 0 saturated heterocycles. The van der Waals surface area contributed by atoms with Crippen LogP contribution in [0.15, 0.2) is 52.0 Å². The van der Waals surface area contributed by atoms with Crippen molar-refractivity contribution < 1.29 is 17.6 Å². The number of carbonyl (C=O) groups is 1. The minimum Gasteiger partial charge on any atom is -0.469 e. The van der Waals surface area contributed by atoms with E-state index in [2.05, 4.69) is 0 Å². The molecule has 2 aromatic rings. The monoisotopic (exact) mass is 264 g/mol. The van der Waals surface area contributed by atoms with Gasteiger partial charge in [-0.15, -0.1) is 0 Å². The van der Waals surface area contributed by atoms with E-state index in [9.17, 15) is 13.2 Å². The average molecular weight is 264 g/mol. The van der Waals surface area contributed by atoms with Crippen LogP contribution in [0, 0.1) is 0 Å². The van der Waals surface area contributed by atoms with E-state index >= 15 is 0 Å². The van der Waals surface area contributed by atoms with Crippen molar-refractivity contribution in [2.24, 2.45) is 0 Å². The van der Waals surface area contributed by atoms with Crippen molar-refractivity contribution in [3.05, 3.63) is 54.0 Å². The molecule has 0 aliphatic carbocycles. The van der Waals surface area contributed by atoms with Gasteiger partial charge < -0.3 is 4.42 Å². The average Bonchev–Trinajstić information content (AvgIpc) is 2.81. The van der Waals surface area contributed by atoms with Crippen molar-refractivity contribution >= 4 is 15.6 Å². The fraction of sp³-hybridized carbons (Fsp3) is 0.154. The van der Waals surface area contributed by atoms with Gasteiger partial charge in [0.1, 0.15) is 5.76 Å². The maximum atomic E-state index is 11.9. The molecule has 1 heterocycles. The Balaban J connectivity index is 2.17. The van der Waals surface area contributed by atoms with Crippen LogP contribution in [0.2, 0.25) is 0 Å². The van der Waals surface area contributed by atoms with Crippen LogP contribution in [0.4, 0.5) is 0 Å². The van der Waals surface area contributed by atoms with Gasteiger partial charge in [0.2, 0.25) is 0 Å². The maximum Gasteiger partial charge on any atom is 0.175 e. The first-order valence-electron chi connectivity index (χ1n) is 5.32. The molecule has 0 amide bonds. The van der Waals surface area contributed by atoms with Gasteiger partial charge in [-0.25, -0.2) is 8.42 Å². The molecule has 0 bridgehead atoms. The molecule has 94 valence electrons. The summed E-state index contributed by atoms with van der Waals surface area (Å²) in [7, 11) is -3.23. The first kappa shape index (κ1) is 12.6. The number of rotatable bonds is 4. The van der Waals surface area contributed by atoms with E-state index in [-0.39, 0.29) is 17.1 Å². The first-order valence-corrected chi connectivity index (χ1v) is 7.21. The first-order chi connectivity index (χ1) is 8.47. The number of furan rings is 1. The van der Waals surface area contributed by atoms with E-state index < -0.39 is 9.84 Å². The van der Waals surface area contributed by atoms with Crippen LogP contribution >= 0.6 is 0 Å². The molecule has 0 N–H and O–H groups in total. The van der Waals surface area contributed by atoms with Gasteiger partial charge in [-0.3, -0.25) is 4.79 Å². The topological polar surface area (TPSA) is 64.3 Å². The highest BCUT2D eigenvalue weighted by atomic mass is 32.2. The molecule has 1 aromatic carbocycles. The number of benzene rings is 1. The van der Waals surface area contributed by atoms with Gasteiger partial charge in [0.15, 0.2) is 15.6 Å². The molecule has 18 heavy (non-hydrogen) atoms. The van der Waals surface area contributed by atoms with Crippen LogP contribution in [0.3, 0.4) is 0 Å². The molecule has 0 spiro atoms. The Bertz CT molecular complexity index is 637. The quantitative estimate of drug-likeness (QED) is 0.793. The zero-order chi connectivity index (χ0) is 13.2. The molecule has 1 aromatic heterocycles. The van der Waals surface area contributed by atoms with Crippen LogP contribution in [-0.4, -0.2) is 20.5 Å². The molecular weight excluding hydrogens is 252 g/mol. The summed E-state index contributed by atoms with van der Waals surface area (Å²) in [5.41, 5.74) is 0.471. The summed E-state index contributed by atoms with van der Waals surface area (Å²) in [6, 6.07) is 9.34. The van der Waals surface area contributed by atoms with Gasteiger partial charge in [-0.1, -0.05) is 12.1 Å². The van der Waals surface area contributed by atoms with Gasteiger partial charge in [0.05, 0.1) is 17.6 Å². The summed E-state index contributed by atoms with van der Waals surface area (Å²) in [4.78, 5) is 12.1. The molecule has 2 rings (SSSR count). The number of Topliss-reactive ketones (excluding diaryl/α,β-unsaturated/α-hetero) is 1. The lowest BCUT2D eigenvalue weighted by molar-refractivity contribution is 0.0987. The van der Waals surface area contributed by atoms with E-state index in [1.165, 1.54) is 30.5 Å². The van der Waals surface area contributed by atoms with Crippen LogP contribution in [0.25, 0.3) is 0 Å². The lowest BCUT2D eigenvalue weighted by atomic mass is 10.1. The molecule has 4 nitrogen and oxygen atoms in total. The zero-order valence-electron chi connectivity index (χ0n) is 9.79. The number of sulfone groups is 1. The van der Waals surface area contributed by atoms with Gasteiger partial charge in [-0.2, -0.15) is 0 Å². The number of carbonyl (C=O) groups excluding carboxylic acids is 1. The molecule has 0 fully saturated rings. The highest BCUT2D eigenvalue weighted by Crippen LogP contribution is 2.13. The number of hydrogen-bond acceptors (Lipinski definition) is 4. The minimum atomic E-state index is -3.23. The third kappa shape index (κ3) is 2.87. The largest absolute Gasteiger partial charge is 0.469 e. The Hall–Kier alpha value is -1.88. The van der Waals surface area contributed by atoms with E-state index in [0.29, 0.717) is 11.3 Å². The predicted octanol–water partition coefficient (Wildman–Crippen LogP) is 2.11. The second kappa shape index (κ2) is 4.78. The number of hydrogen-bond donors (Lipinski definition) is 0. The number of ketones is 1. The molecule has 0 aliphatic rings. The Labute approximate surface area is 105 Å². The smallest absolute Gasteiger partial charge is 0.175 e. The summed E-state index contributed by atoms with van der Waals surface area (Å²) < 4.78 is 27.6. The summed E-state index contributed by atoms with van der Waals surface area (Å²) in [6.07, 6.45) is 2.81. The molecular formula is C13H12O4S. The minimum absolute atomic E-state index is 0.106. The van der Waals surface area contributed by atoms with Crippen molar-refractivity contribution in [2.45, 2.75) is 11.3 Å². The van der Waals surface area contributed by atoms with E-state index in [4.69, 9.17) is 4.42 Å². The van der Waals surface area contributed by atoms with Crippen molar-refractivity contribution in [1.29, 1.82) is 0 Å². The van der Waals surface area contributed by atoms with Crippen LogP contribution < -0.4 is 0 Å². The van der Waals surface area contributed by atoms with Crippen molar-refractivity contribution in [3.63, 3.8) is 0 Å². The maximum absolute atomic E-state index is 11.9. The normalized spacial score (nSPS) is 11.4. The second-order valence-electron chi connectivity index (χ2n) is 3.98. The molecule has 5 heteroatoms. The summed E-state index contributed by atoms with van der Waals surface area (Å²) >= 11 is 0. The summed E-state index contributed by atoms with van der Waals surface area (Å²) in [5.74, 6) is 0.484. The highest BCUT2D eigenvalue weighted by Gasteiger charge is 2.11. The fourth-order valence-corrected chi connectivity index (χ4v) is 2.19. The molecule has 0 aliphatic heterocycles. The van der Waals surface area contributed by atoms with Crippen LogP contribution in [0.1, 0.15) is 16.1 Å². The Morgan fingerprint density at radius 3 is 2.33 bits per heavy atom. The molecule has 0 unspecified atom stereocenters. The Morgan fingerprint density at radius 2 is 1.83 bits per heavy atom. The third-order valence-electron chi connectivity index (χ3n) is 2.52. The summed E-state index contributed by atoms with van der Waals surface area (Å²) in [6.45, 7) is 0. The fourth-order valence-electron chi connectivity index (χ4n) is 1.56. The second-order valence-corrected chi connectivity index (χ2v) is 5.99. The predicted molar refractivity (Wildman–Crippen MR) is 66.3 cm³/mol. The zero-order valence-corrected chi connectivity index (χ0v) is 10.6. The van der Waals surface area contributed by atoms with Crippen LogP contribution in [0.5, 0.6) is 0 Å². The lowest BCUT2D eigenvalue weighted by Gasteiger charge is -2.01. The van der Waals surface area contributed by atoms with Crippen LogP contribution in [-0.2, 0) is 16.3 Å². The van der Waals surface area contributed by atoms with Gasteiger partial charge in [-0.05, 0) is 24.3 Å². The van der Waals surface area contributed by atoms with Crippen molar-refractivity contribution in [2.75, 3.05) is 6.26 Å². The van der Waals surface area contributed by atoms with Crippen molar-refractivity contribution in [1.82, 2.24) is 0 Å². The SMILES string of the molecule is CS(=O)(=O)c1ccc(C(=O)Cc2ccco2)cc1. The van der Waals surface area contributed by atoms with E-state index in [1.807, 2.05) is 0 Å². The Kier molecular flexibility index (Phi) is 3.34.